The molecule has 0 aliphatic heterocycles. The first-order valence-electron chi connectivity index (χ1n) is 7.24. The summed E-state index contributed by atoms with van der Waals surface area (Å²) >= 11 is 0. The fraction of sp³-hybridized carbons (Fsp3) is 0.500. The van der Waals surface area contributed by atoms with Gasteiger partial charge in [0, 0.05) is 13.1 Å². The van der Waals surface area contributed by atoms with Crippen molar-refractivity contribution in [3.63, 3.8) is 0 Å². The van der Waals surface area contributed by atoms with Crippen molar-refractivity contribution in [2.75, 3.05) is 36.5 Å². The van der Waals surface area contributed by atoms with Gasteiger partial charge in [-0.2, -0.15) is 0 Å². The van der Waals surface area contributed by atoms with Crippen molar-refractivity contribution in [3.05, 3.63) is 29.8 Å². The van der Waals surface area contributed by atoms with Gasteiger partial charge in [0.15, 0.2) is 0 Å². The van der Waals surface area contributed by atoms with E-state index in [9.17, 15) is 21.6 Å². The SMILES string of the molecule is CCCS(=O)(=O)NCCN(c1cccc(C(=O)OC)c1)S(C)(=O)=O. The molecule has 1 N–H and O–H groups in total. The molecule has 0 aromatic heterocycles. The van der Waals surface area contributed by atoms with Crippen LogP contribution in [0.4, 0.5) is 5.69 Å². The molecule has 24 heavy (non-hydrogen) atoms. The van der Waals surface area contributed by atoms with Crippen molar-refractivity contribution >= 4 is 31.7 Å². The summed E-state index contributed by atoms with van der Waals surface area (Å²) in [6, 6.07) is 5.93. The van der Waals surface area contributed by atoms with E-state index < -0.39 is 26.0 Å². The van der Waals surface area contributed by atoms with Gasteiger partial charge in [-0.1, -0.05) is 13.0 Å². The van der Waals surface area contributed by atoms with Crippen molar-refractivity contribution < 1.29 is 26.4 Å². The van der Waals surface area contributed by atoms with Gasteiger partial charge < -0.3 is 4.74 Å². The maximum atomic E-state index is 12.0. The molecule has 10 heteroatoms. The van der Waals surface area contributed by atoms with Gasteiger partial charge in [0.25, 0.3) is 0 Å². The monoisotopic (exact) mass is 378 g/mol. The average molecular weight is 378 g/mol. The zero-order valence-electron chi connectivity index (χ0n) is 13.9. The molecule has 0 heterocycles. The lowest BCUT2D eigenvalue weighted by Gasteiger charge is -2.23. The van der Waals surface area contributed by atoms with E-state index in [4.69, 9.17) is 0 Å². The molecule has 0 amide bonds. The molecule has 0 aliphatic rings. The van der Waals surface area contributed by atoms with E-state index in [2.05, 4.69) is 9.46 Å². The number of hydrogen-bond acceptors (Lipinski definition) is 6. The molecule has 0 saturated carbocycles. The minimum Gasteiger partial charge on any atom is -0.465 e. The number of ether oxygens (including phenoxy) is 1. The number of sulfonamides is 2. The van der Waals surface area contributed by atoms with Crippen LogP contribution in [0.2, 0.25) is 0 Å². The van der Waals surface area contributed by atoms with Gasteiger partial charge in [0.05, 0.1) is 30.4 Å². The van der Waals surface area contributed by atoms with Crippen molar-refractivity contribution in [1.82, 2.24) is 4.72 Å². The molecule has 1 aromatic carbocycles. The third-order valence-electron chi connectivity index (χ3n) is 3.07. The number of carbonyl (C=O) groups is 1. The minimum absolute atomic E-state index is 0.0241. The predicted molar refractivity (Wildman–Crippen MR) is 92.1 cm³/mol. The smallest absolute Gasteiger partial charge is 0.337 e. The first-order valence-corrected chi connectivity index (χ1v) is 10.7. The molecule has 8 nitrogen and oxygen atoms in total. The zero-order chi connectivity index (χ0) is 18.4. The molecule has 0 bridgehead atoms. The molecule has 0 radical (unpaired) electrons. The number of nitrogens with one attached hydrogen (secondary N) is 1. The fourth-order valence-corrected chi connectivity index (χ4v) is 4.04. The summed E-state index contributed by atoms with van der Waals surface area (Å²) in [5, 5.41) is 0. The van der Waals surface area contributed by atoms with Crippen LogP contribution < -0.4 is 9.03 Å². The van der Waals surface area contributed by atoms with Crippen LogP contribution in [0.1, 0.15) is 23.7 Å². The van der Waals surface area contributed by atoms with E-state index in [0.717, 1.165) is 10.6 Å². The van der Waals surface area contributed by atoms with Crippen LogP contribution in [0.25, 0.3) is 0 Å². The van der Waals surface area contributed by atoms with E-state index in [1.807, 2.05) is 0 Å². The second kappa shape index (κ2) is 8.45. The number of nitrogens with zero attached hydrogens (tertiary/aromatic N) is 1. The highest BCUT2D eigenvalue weighted by Gasteiger charge is 2.19. The van der Waals surface area contributed by atoms with Crippen LogP contribution in [-0.4, -0.2) is 55.0 Å². The number of carbonyl (C=O) groups excluding carboxylic acids is 1. The first kappa shape index (κ1) is 20.4. The van der Waals surface area contributed by atoms with Gasteiger partial charge in [-0.25, -0.2) is 26.4 Å². The molecule has 0 aliphatic carbocycles. The Morgan fingerprint density at radius 3 is 2.46 bits per heavy atom. The van der Waals surface area contributed by atoms with Crippen LogP contribution in [0, 0.1) is 0 Å². The topological polar surface area (TPSA) is 110 Å². The molecular weight excluding hydrogens is 356 g/mol. The average Bonchev–Trinajstić information content (AvgIpc) is 2.49. The molecule has 0 spiro atoms. The Bertz CT molecular complexity index is 774. The van der Waals surface area contributed by atoms with Crippen molar-refractivity contribution in [3.8, 4) is 0 Å². The Kier molecular flexibility index (Phi) is 7.18. The lowest BCUT2D eigenvalue weighted by atomic mass is 10.2. The van der Waals surface area contributed by atoms with E-state index in [1.165, 1.54) is 31.4 Å². The zero-order valence-corrected chi connectivity index (χ0v) is 15.5. The quantitative estimate of drug-likeness (QED) is 0.629. The number of esters is 1. The summed E-state index contributed by atoms with van der Waals surface area (Å²) in [5.41, 5.74) is 0.463. The number of hydrogen-bond donors (Lipinski definition) is 1. The first-order chi connectivity index (χ1) is 11.1. The number of anilines is 1. The normalized spacial score (nSPS) is 12.0. The fourth-order valence-electron chi connectivity index (χ4n) is 2.04. The van der Waals surface area contributed by atoms with Gasteiger partial charge in [-0.3, -0.25) is 4.31 Å². The largest absolute Gasteiger partial charge is 0.465 e. The van der Waals surface area contributed by atoms with Crippen LogP contribution in [0.3, 0.4) is 0 Å². The molecule has 0 fully saturated rings. The van der Waals surface area contributed by atoms with E-state index in [1.54, 1.807) is 6.92 Å². The summed E-state index contributed by atoms with van der Waals surface area (Å²) in [5.74, 6) is -0.613. The second-order valence-corrected chi connectivity index (χ2v) is 8.92. The third-order valence-corrected chi connectivity index (χ3v) is 5.85. The highest BCUT2D eigenvalue weighted by atomic mass is 32.2. The molecule has 136 valence electrons. The molecule has 1 rings (SSSR count). The second-order valence-electron chi connectivity index (χ2n) is 5.09. The van der Waals surface area contributed by atoms with E-state index in [-0.39, 0.29) is 30.1 Å². The Morgan fingerprint density at radius 2 is 1.92 bits per heavy atom. The summed E-state index contributed by atoms with van der Waals surface area (Å²) in [6.45, 7) is 1.57. The number of benzene rings is 1. The Balaban J connectivity index is 2.98. The van der Waals surface area contributed by atoms with E-state index >= 15 is 0 Å². The molecular formula is C14H22N2O6S2. The van der Waals surface area contributed by atoms with Crippen molar-refractivity contribution in [1.29, 1.82) is 0 Å². The molecule has 0 saturated heterocycles. The summed E-state index contributed by atoms with van der Waals surface area (Å²) < 4.78 is 55.3. The lowest BCUT2D eigenvalue weighted by molar-refractivity contribution is 0.0600. The highest BCUT2D eigenvalue weighted by Crippen LogP contribution is 2.19. The Labute approximate surface area is 142 Å². The number of methoxy groups -OCH3 is 1. The van der Waals surface area contributed by atoms with Gasteiger partial charge in [-0.15, -0.1) is 0 Å². The Morgan fingerprint density at radius 1 is 1.25 bits per heavy atom. The van der Waals surface area contributed by atoms with Gasteiger partial charge in [0.2, 0.25) is 20.0 Å². The summed E-state index contributed by atoms with van der Waals surface area (Å²) in [6.07, 6.45) is 1.48. The van der Waals surface area contributed by atoms with Gasteiger partial charge in [0.1, 0.15) is 0 Å². The minimum atomic E-state index is -3.65. The third kappa shape index (κ3) is 6.10. The summed E-state index contributed by atoms with van der Waals surface area (Å²) in [4.78, 5) is 11.6. The maximum absolute atomic E-state index is 12.0. The molecule has 0 atom stereocenters. The van der Waals surface area contributed by atoms with Crippen molar-refractivity contribution in [2.45, 2.75) is 13.3 Å². The Hall–Kier alpha value is -1.65. The maximum Gasteiger partial charge on any atom is 0.337 e. The summed E-state index contributed by atoms with van der Waals surface area (Å²) in [7, 11) is -5.85. The van der Waals surface area contributed by atoms with Crippen LogP contribution in [0.5, 0.6) is 0 Å². The van der Waals surface area contributed by atoms with Gasteiger partial charge >= 0.3 is 5.97 Å². The van der Waals surface area contributed by atoms with Crippen LogP contribution in [0.15, 0.2) is 24.3 Å². The van der Waals surface area contributed by atoms with E-state index in [0.29, 0.717) is 6.42 Å². The predicted octanol–water partition coefficient (Wildman–Crippen LogP) is 0.569. The lowest BCUT2D eigenvalue weighted by Crippen LogP contribution is -2.38. The van der Waals surface area contributed by atoms with Crippen LogP contribution >= 0.6 is 0 Å². The van der Waals surface area contributed by atoms with Crippen molar-refractivity contribution in [2.24, 2.45) is 0 Å². The van der Waals surface area contributed by atoms with Crippen LogP contribution in [-0.2, 0) is 24.8 Å². The molecule has 1 aromatic rings. The standard InChI is InChI=1S/C14H22N2O6S2/c1-4-10-24(20,21)15-8-9-16(23(3,18)19)13-7-5-6-12(11-13)14(17)22-2/h5-7,11,15H,4,8-10H2,1-3H3. The van der Waals surface area contributed by atoms with Gasteiger partial charge in [-0.05, 0) is 24.6 Å². The molecule has 0 unspecified atom stereocenters. The number of rotatable bonds is 9. The highest BCUT2D eigenvalue weighted by molar-refractivity contribution is 7.92.